The summed E-state index contributed by atoms with van der Waals surface area (Å²) in [5, 5.41) is 2.97. The molecule has 2 aromatic rings. The van der Waals surface area contributed by atoms with Crippen molar-refractivity contribution >= 4 is 17.5 Å². The van der Waals surface area contributed by atoms with Crippen LogP contribution in [0.3, 0.4) is 0 Å². The molecule has 140 valence electrons. The van der Waals surface area contributed by atoms with Crippen LogP contribution in [0.1, 0.15) is 45.5 Å². The van der Waals surface area contributed by atoms with Crippen molar-refractivity contribution in [1.82, 2.24) is 10.2 Å². The number of hydrogen-bond donors (Lipinski definition) is 1. The fourth-order valence-corrected chi connectivity index (χ4v) is 3.82. The van der Waals surface area contributed by atoms with E-state index in [1.165, 1.54) is 25.9 Å². The second-order valence-corrected chi connectivity index (χ2v) is 7.27. The van der Waals surface area contributed by atoms with Gasteiger partial charge in [-0.15, -0.1) is 0 Å². The van der Waals surface area contributed by atoms with Crippen LogP contribution in [0.25, 0.3) is 0 Å². The van der Waals surface area contributed by atoms with Gasteiger partial charge in [-0.3, -0.25) is 9.59 Å². The molecule has 0 atom stereocenters. The molecule has 0 saturated carbocycles. The molecule has 5 nitrogen and oxygen atoms in total. The summed E-state index contributed by atoms with van der Waals surface area (Å²) in [5.74, 6) is -0.119. The van der Waals surface area contributed by atoms with Gasteiger partial charge in [0.2, 0.25) is 0 Å². The zero-order valence-corrected chi connectivity index (χ0v) is 15.5. The first-order chi connectivity index (χ1) is 13.2. The minimum absolute atomic E-state index is 0.0162. The summed E-state index contributed by atoms with van der Waals surface area (Å²) in [7, 11) is 0. The molecule has 2 heterocycles. The first-order valence-corrected chi connectivity index (χ1v) is 9.73. The highest BCUT2D eigenvalue weighted by Gasteiger charge is 2.33. The molecule has 1 fully saturated rings. The number of anilines is 1. The summed E-state index contributed by atoms with van der Waals surface area (Å²) in [5.41, 5.74) is 3.18. The van der Waals surface area contributed by atoms with Crippen LogP contribution < -0.4 is 10.2 Å². The third-order valence-corrected chi connectivity index (χ3v) is 5.34. The Hall–Kier alpha value is -2.66. The van der Waals surface area contributed by atoms with Crippen molar-refractivity contribution in [3.63, 3.8) is 0 Å². The molecule has 2 aromatic carbocycles. The number of fused-ring (bicyclic) bond motifs is 1. The van der Waals surface area contributed by atoms with E-state index in [2.05, 4.69) is 10.2 Å². The normalized spacial score (nSPS) is 16.1. The number of hydrogen-bond acceptors (Lipinski definition) is 3. The van der Waals surface area contributed by atoms with Crippen LogP contribution in [-0.2, 0) is 6.54 Å². The number of carbonyl (C=O) groups is 2. The lowest BCUT2D eigenvalue weighted by molar-refractivity contribution is 0.0952. The van der Waals surface area contributed by atoms with Crippen LogP contribution >= 0.6 is 0 Å². The fourth-order valence-electron chi connectivity index (χ4n) is 3.82. The van der Waals surface area contributed by atoms with Crippen LogP contribution in [-0.4, -0.2) is 42.9 Å². The van der Waals surface area contributed by atoms with Gasteiger partial charge in [0.1, 0.15) is 0 Å². The van der Waals surface area contributed by atoms with Gasteiger partial charge in [0, 0.05) is 12.1 Å². The van der Waals surface area contributed by atoms with Crippen molar-refractivity contribution in [2.24, 2.45) is 0 Å². The van der Waals surface area contributed by atoms with Crippen molar-refractivity contribution in [3.8, 4) is 0 Å². The van der Waals surface area contributed by atoms with Crippen molar-refractivity contribution < 1.29 is 9.59 Å². The topological polar surface area (TPSA) is 52.7 Å². The largest absolute Gasteiger partial charge is 0.352 e. The molecular formula is C22H25N3O2. The Morgan fingerprint density at radius 1 is 1.04 bits per heavy atom. The first-order valence-electron chi connectivity index (χ1n) is 9.73. The van der Waals surface area contributed by atoms with E-state index in [9.17, 15) is 9.59 Å². The SMILES string of the molecule is O=C(NCCCN1CCCC1)c1ccc2c(c1)C(=O)N2Cc1ccccc1. The van der Waals surface area contributed by atoms with Crippen molar-refractivity contribution in [1.29, 1.82) is 0 Å². The summed E-state index contributed by atoms with van der Waals surface area (Å²) in [6.07, 6.45) is 3.54. The quantitative estimate of drug-likeness (QED) is 0.769. The molecule has 0 aliphatic carbocycles. The zero-order chi connectivity index (χ0) is 18.6. The van der Waals surface area contributed by atoms with Crippen LogP contribution in [0.15, 0.2) is 48.5 Å². The van der Waals surface area contributed by atoms with Gasteiger partial charge in [0.25, 0.3) is 11.8 Å². The molecule has 0 aromatic heterocycles. The van der Waals surface area contributed by atoms with Crippen LogP contribution in [0, 0.1) is 0 Å². The molecule has 2 aliphatic rings. The van der Waals surface area contributed by atoms with Crippen molar-refractivity contribution in [3.05, 3.63) is 65.2 Å². The maximum absolute atomic E-state index is 12.4. The van der Waals surface area contributed by atoms with E-state index in [1.807, 2.05) is 36.4 Å². The zero-order valence-electron chi connectivity index (χ0n) is 15.5. The van der Waals surface area contributed by atoms with Crippen LogP contribution in [0.2, 0.25) is 0 Å². The number of likely N-dealkylation sites (tertiary alicyclic amines) is 1. The minimum Gasteiger partial charge on any atom is -0.352 e. The lowest BCUT2D eigenvalue weighted by Gasteiger charge is -2.34. The summed E-state index contributed by atoms with van der Waals surface area (Å²) >= 11 is 0. The maximum Gasteiger partial charge on any atom is 0.260 e. The molecule has 4 rings (SSSR count). The first kappa shape index (κ1) is 17.7. The summed E-state index contributed by atoms with van der Waals surface area (Å²) in [6.45, 7) is 4.63. The maximum atomic E-state index is 12.4. The van der Waals surface area contributed by atoms with E-state index < -0.39 is 0 Å². The summed E-state index contributed by atoms with van der Waals surface area (Å²) in [4.78, 5) is 29.0. The Labute approximate surface area is 160 Å². The Kier molecular flexibility index (Phi) is 5.21. The Morgan fingerprint density at radius 2 is 1.81 bits per heavy atom. The number of carbonyl (C=O) groups excluding carboxylic acids is 2. The van der Waals surface area contributed by atoms with Crippen molar-refractivity contribution in [2.45, 2.75) is 25.8 Å². The monoisotopic (exact) mass is 363 g/mol. The highest BCUT2D eigenvalue weighted by atomic mass is 16.2. The average molecular weight is 363 g/mol. The number of nitrogens with zero attached hydrogens (tertiary/aromatic N) is 2. The number of nitrogens with one attached hydrogen (secondary N) is 1. The molecule has 0 radical (unpaired) electrons. The standard InChI is InChI=1S/C22H25N3O2/c26-21(23-11-6-14-24-12-4-5-13-24)18-9-10-20-19(15-18)22(27)25(20)16-17-7-2-1-3-8-17/h1-3,7-10,15H,4-6,11-14,16H2,(H,23,26). The lowest BCUT2D eigenvalue weighted by atomic mass is 9.98. The third-order valence-electron chi connectivity index (χ3n) is 5.34. The summed E-state index contributed by atoms with van der Waals surface area (Å²) < 4.78 is 0. The molecule has 0 bridgehead atoms. The molecule has 2 aliphatic heterocycles. The van der Waals surface area contributed by atoms with E-state index in [0.717, 1.165) is 24.2 Å². The van der Waals surface area contributed by atoms with Gasteiger partial charge in [-0.2, -0.15) is 0 Å². The lowest BCUT2D eigenvalue weighted by Crippen LogP contribution is -2.40. The second-order valence-electron chi connectivity index (χ2n) is 7.27. The smallest absolute Gasteiger partial charge is 0.260 e. The van der Waals surface area contributed by atoms with E-state index in [0.29, 0.717) is 24.2 Å². The van der Waals surface area contributed by atoms with Crippen molar-refractivity contribution in [2.75, 3.05) is 31.1 Å². The van der Waals surface area contributed by atoms with Gasteiger partial charge >= 0.3 is 0 Å². The van der Waals surface area contributed by atoms with Gasteiger partial charge in [-0.25, -0.2) is 0 Å². The van der Waals surface area contributed by atoms with Gasteiger partial charge < -0.3 is 15.1 Å². The molecule has 1 saturated heterocycles. The number of rotatable bonds is 7. The van der Waals surface area contributed by atoms with Gasteiger partial charge in [0.05, 0.1) is 17.8 Å². The van der Waals surface area contributed by atoms with Gasteiger partial charge in [-0.05, 0) is 62.7 Å². The van der Waals surface area contributed by atoms with Gasteiger partial charge in [0.15, 0.2) is 0 Å². The Balaban J connectivity index is 1.31. The fraction of sp³-hybridized carbons (Fsp3) is 0.364. The van der Waals surface area contributed by atoms with E-state index in [1.54, 1.807) is 17.0 Å². The minimum atomic E-state index is -0.103. The number of benzene rings is 2. The second kappa shape index (κ2) is 7.92. The molecule has 1 N–H and O–H groups in total. The Bertz CT molecular complexity index is 829. The molecule has 2 amide bonds. The van der Waals surface area contributed by atoms with Crippen LogP contribution in [0.5, 0.6) is 0 Å². The third kappa shape index (κ3) is 3.88. The van der Waals surface area contributed by atoms with E-state index in [-0.39, 0.29) is 11.8 Å². The Morgan fingerprint density at radius 3 is 2.59 bits per heavy atom. The molecular weight excluding hydrogens is 338 g/mol. The highest BCUT2D eigenvalue weighted by Crippen LogP contribution is 2.34. The highest BCUT2D eigenvalue weighted by molar-refractivity contribution is 6.20. The molecule has 27 heavy (non-hydrogen) atoms. The average Bonchev–Trinajstić information content (AvgIpc) is 3.23. The summed E-state index contributed by atoms with van der Waals surface area (Å²) in [6, 6.07) is 15.3. The molecule has 5 heteroatoms. The van der Waals surface area contributed by atoms with E-state index in [4.69, 9.17) is 0 Å². The predicted molar refractivity (Wildman–Crippen MR) is 106 cm³/mol. The van der Waals surface area contributed by atoms with Gasteiger partial charge in [-0.1, -0.05) is 30.3 Å². The van der Waals surface area contributed by atoms with E-state index >= 15 is 0 Å². The molecule has 0 spiro atoms. The molecule has 0 unspecified atom stereocenters. The predicted octanol–water partition coefficient (Wildman–Crippen LogP) is 3.06. The number of amides is 2. The van der Waals surface area contributed by atoms with Crippen LogP contribution in [0.4, 0.5) is 5.69 Å².